The van der Waals surface area contributed by atoms with Crippen LogP contribution < -0.4 is 5.73 Å². The third kappa shape index (κ3) is 1.96. The van der Waals surface area contributed by atoms with Gasteiger partial charge >= 0.3 is 0 Å². The molecule has 5 heteroatoms. The zero-order valence-electron chi connectivity index (χ0n) is 6.91. The molecule has 0 radical (unpaired) electrons. The number of nitrogens with two attached hydrogens (primary N) is 1. The Labute approximate surface area is 84.3 Å². The molecular weight excluding hydrogens is 210 g/mol. The lowest BCUT2D eigenvalue weighted by Crippen LogP contribution is -2.36. The Bertz CT molecular complexity index is 366. The highest BCUT2D eigenvalue weighted by Gasteiger charge is 2.24. The SMILES string of the molecule is CC1=CC=C(C(=O)Cl)C(N)C1=S=O. The van der Waals surface area contributed by atoms with Gasteiger partial charge in [-0.15, -0.1) is 0 Å². The van der Waals surface area contributed by atoms with Crippen molar-refractivity contribution in [1.29, 1.82) is 0 Å². The van der Waals surface area contributed by atoms with Gasteiger partial charge < -0.3 is 5.73 Å². The Kier molecular flexibility index (Phi) is 3.19. The van der Waals surface area contributed by atoms with Crippen LogP contribution in [0.1, 0.15) is 6.92 Å². The Balaban J connectivity index is 3.19. The van der Waals surface area contributed by atoms with Gasteiger partial charge in [0.2, 0.25) is 5.24 Å². The van der Waals surface area contributed by atoms with E-state index in [-0.39, 0.29) is 5.57 Å². The molecule has 0 aliphatic heterocycles. The van der Waals surface area contributed by atoms with Crippen LogP contribution in [0.3, 0.4) is 0 Å². The van der Waals surface area contributed by atoms with Gasteiger partial charge in [-0.25, -0.2) is 4.21 Å². The van der Waals surface area contributed by atoms with Crippen LogP contribution in [0.4, 0.5) is 0 Å². The summed E-state index contributed by atoms with van der Waals surface area (Å²) in [4.78, 5) is 11.3. The van der Waals surface area contributed by atoms with E-state index in [0.717, 1.165) is 5.57 Å². The van der Waals surface area contributed by atoms with Crippen molar-refractivity contribution in [3.8, 4) is 0 Å². The molecule has 0 aromatic heterocycles. The first-order valence-corrected chi connectivity index (χ1v) is 4.70. The first kappa shape index (κ1) is 10.4. The van der Waals surface area contributed by atoms with Gasteiger partial charge in [-0.2, -0.15) is 0 Å². The molecule has 0 saturated carbocycles. The smallest absolute Gasteiger partial charge is 0.250 e. The molecule has 1 unspecified atom stereocenters. The highest BCUT2D eigenvalue weighted by Crippen LogP contribution is 2.16. The van der Waals surface area contributed by atoms with Crippen LogP contribution in [0.2, 0.25) is 0 Å². The summed E-state index contributed by atoms with van der Waals surface area (Å²) in [6, 6.07) is -0.669. The van der Waals surface area contributed by atoms with E-state index in [1.54, 1.807) is 19.1 Å². The summed E-state index contributed by atoms with van der Waals surface area (Å²) in [5.74, 6) is 0. The van der Waals surface area contributed by atoms with Crippen LogP contribution in [0, 0.1) is 0 Å². The monoisotopic (exact) mass is 217 g/mol. The molecule has 2 N–H and O–H groups in total. The number of halogens is 1. The quantitative estimate of drug-likeness (QED) is 0.509. The minimum atomic E-state index is -0.669. The van der Waals surface area contributed by atoms with Crippen LogP contribution in [0.5, 0.6) is 0 Å². The summed E-state index contributed by atoms with van der Waals surface area (Å²) in [5.41, 5.74) is 6.71. The lowest BCUT2D eigenvalue weighted by Gasteiger charge is -2.17. The standard InChI is InChI=1S/C8H8ClNO2S/c1-4-2-3-5(8(9)11)6(10)7(4)13-12/h2-3,6H,10H2,1H3. The first-order chi connectivity index (χ1) is 6.07. The normalized spacial score (nSPS) is 22.1. The molecule has 0 fully saturated rings. The Morgan fingerprint density at radius 3 is 2.69 bits per heavy atom. The minimum Gasteiger partial charge on any atom is -0.319 e. The van der Waals surface area contributed by atoms with Crippen LogP contribution >= 0.6 is 11.6 Å². The number of carbonyl (C=O) groups is 1. The van der Waals surface area contributed by atoms with Crippen LogP contribution in [-0.2, 0) is 16.1 Å². The molecular formula is C8H8ClNO2S. The fraction of sp³-hybridized carbons (Fsp3) is 0.250. The zero-order chi connectivity index (χ0) is 10.0. The number of allylic oxidation sites excluding steroid dienone is 2. The maximum atomic E-state index is 10.8. The summed E-state index contributed by atoms with van der Waals surface area (Å²) in [6.45, 7) is 1.77. The zero-order valence-corrected chi connectivity index (χ0v) is 8.48. The van der Waals surface area contributed by atoms with Crippen molar-refractivity contribution in [3.05, 3.63) is 23.3 Å². The summed E-state index contributed by atoms with van der Waals surface area (Å²) >= 11 is 5.59. The summed E-state index contributed by atoms with van der Waals surface area (Å²) in [5, 5.41) is -0.609. The molecule has 1 atom stereocenters. The molecule has 1 rings (SSSR count). The largest absolute Gasteiger partial charge is 0.319 e. The van der Waals surface area contributed by atoms with Crippen molar-refractivity contribution in [2.45, 2.75) is 13.0 Å². The number of hydrogen-bond donors (Lipinski definition) is 1. The van der Waals surface area contributed by atoms with Crippen LogP contribution in [0.25, 0.3) is 0 Å². The molecule has 13 heavy (non-hydrogen) atoms. The van der Waals surface area contributed by atoms with Gasteiger partial charge in [0, 0.05) is 5.57 Å². The van der Waals surface area contributed by atoms with E-state index in [9.17, 15) is 9.00 Å². The molecule has 3 nitrogen and oxygen atoms in total. The van der Waals surface area contributed by atoms with Gasteiger partial charge in [-0.1, -0.05) is 12.2 Å². The van der Waals surface area contributed by atoms with E-state index >= 15 is 0 Å². The fourth-order valence-corrected chi connectivity index (χ4v) is 1.70. The number of hydrogen-bond acceptors (Lipinski definition) is 3. The third-order valence-corrected chi connectivity index (χ3v) is 2.81. The van der Waals surface area contributed by atoms with Crippen LogP contribution in [-0.4, -0.2) is 20.4 Å². The molecule has 0 heterocycles. The highest BCUT2D eigenvalue weighted by molar-refractivity contribution is 7.67. The van der Waals surface area contributed by atoms with E-state index in [0.29, 0.717) is 16.1 Å². The van der Waals surface area contributed by atoms with Crippen molar-refractivity contribution < 1.29 is 9.00 Å². The van der Waals surface area contributed by atoms with E-state index in [2.05, 4.69) is 0 Å². The molecule has 0 saturated heterocycles. The minimum absolute atomic E-state index is 0.269. The molecule has 0 aromatic rings. The van der Waals surface area contributed by atoms with Crippen molar-refractivity contribution in [3.63, 3.8) is 0 Å². The topological polar surface area (TPSA) is 60.2 Å². The average molecular weight is 218 g/mol. The maximum absolute atomic E-state index is 10.8. The average Bonchev–Trinajstić information content (AvgIpc) is 2.04. The summed E-state index contributed by atoms with van der Waals surface area (Å²) in [6.07, 6.45) is 3.22. The predicted molar refractivity (Wildman–Crippen MR) is 53.8 cm³/mol. The highest BCUT2D eigenvalue weighted by atomic mass is 35.5. The van der Waals surface area contributed by atoms with Gasteiger partial charge in [0.05, 0.1) is 22.2 Å². The Morgan fingerprint density at radius 2 is 2.23 bits per heavy atom. The summed E-state index contributed by atoms with van der Waals surface area (Å²) < 4.78 is 10.7. The molecule has 70 valence electrons. The van der Waals surface area contributed by atoms with Gasteiger partial charge in [-0.05, 0) is 24.1 Å². The van der Waals surface area contributed by atoms with Crippen molar-refractivity contribution >= 4 is 33.0 Å². The fourth-order valence-electron chi connectivity index (χ4n) is 1.09. The molecule has 1 aliphatic rings. The van der Waals surface area contributed by atoms with Crippen molar-refractivity contribution in [2.75, 3.05) is 0 Å². The third-order valence-electron chi connectivity index (χ3n) is 1.84. The van der Waals surface area contributed by atoms with E-state index in [4.69, 9.17) is 17.3 Å². The molecule has 0 amide bonds. The van der Waals surface area contributed by atoms with E-state index in [1.807, 2.05) is 0 Å². The first-order valence-electron chi connectivity index (χ1n) is 3.59. The maximum Gasteiger partial charge on any atom is 0.250 e. The van der Waals surface area contributed by atoms with Crippen LogP contribution in [0.15, 0.2) is 23.3 Å². The van der Waals surface area contributed by atoms with Gasteiger partial charge in [0.1, 0.15) is 0 Å². The molecule has 0 spiro atoms. The van der Waals surface area contributed by atoms with Gasteiger partial charge in [0.25, 0.3) is 0 Å². The second-order valence-corrected chi connectivity index (χ2v) is 3.62. The van der Waals surface area contributed by atoms with Crippen molar-refractivity contribution in [1.82, 2.24) is 0 Å². The second-order valence-electron chi connectivity index (χ2n) is 2.67. The molecule has 1 aliphatic carbocycles. The second kappa shape index (κ2) is 4.00. The lowest BCUT2D eigenvalue weighted by atomic mass is 9.95. The number of carbonyl (C=O) groups excluding carboxylic acids is 1. The molecule has 0 aromatic carbocycles. The Morgan fingerprint density at radius 1 is 1.62 bits per heavy atom. The van der Waals surface area contributed by atoms with Gasteiger partial charge in [0.15, 0.2) is 0 Å². The van der Waals surface area contributed by atoms with Gasteiger partial charge in [-0.3, -0.25) is 4.79 Å². The number of rotatable bonds is 1. The van der Waals surface area contributed by atoms with Crippen molar-refractivity contribution in [2.24, 2.45) is 5.73 Å². The van der Waals surface area contributed by atoms with E-state index < -0.39 is 11.3 Å². The van der Waals surface area contributed by atoms with E-state index in [1.165, 1.54) is 0 Å². The Hall–Kier alpha value is -0.710. The lowest BCUT2D eigenvalue weighted by molar-refractivity contribution is -0.108. The molecule has 0 bridgehead atoms. The predicted octanol–water partition coefficient (Wildman–Crippen LogP) is 0.351. The summed E-state index contributed by atoms with van der Waals surface area (Å²) in [7, 11) is 0.